The lowest BCUT2D eigenvalue weighted by atomic mass is 10.1. The van der Waals surface area contributed by atoms with Crippen LogP contribution < -0.4 is 5.32 Å². The molecule has 0 aromatic heterocycles. The molecule has 0 saturated heterocycles. The lowest BCUT2D eigenvalue weighted by Crippen LogP contribution is -2.12. The fraction of sp³-hybridized carbons (Fsp3) is 0.133. The molecule has 1 amide bonds. The number of rotatable bonds is 4. The van der Waals surface area contributed by atoms with Crippen LogP contribution in [0.1, 0.15) is 12.0 Å². The first-order valence-corrected chi connectivity index (χ1v) is 6.90. The largest absolute Gasteiger partial charge is 0.326 e. The Morgan fingerprint density at radius 1 is 1.00 bits per heavy atom. The van der Waals surface area contributed by atoms with Crippen LogP contribution >= 0.6 is 23.2 Å². The van der Waals surface area contributed by atoms with Crippen molar-refractivity contribution in [2.45, 2.75) is 12.8 Å². The maximum atomic E-state index is 13.0. The summed E-state index contributed by atoms with van der Waals surface area (Å²) in [5.41, 5.74) is 1.08. The molecule has 2 aromatic carbocycles. The predicted octanol–water partition coefficient (Wildman–Crippen LogP) is 4.84. The van der Waals surface area contributed by atoms with Crippen molar-refractivity contribution in [2.24, 2.45) is 0 Å². The zero-order chi connectivity index (χ0) is 15.4. The van der Waals surface area contributed by atoms with Crippen LogP contribution in [0.3, 0.4) is 0 Å². The molecule has 0 unspecified atom stereocenters. The van der Waals surface area contributed by atoms with E-state index in [0.29, 0.717) is 16.5 Å². The summed E-state index contributed by atoms with van der Waals surface area (Å²) in [6.45, 7) is 0. The van der Waals surface area contributed by atoms with E-state index in [9.17, 15) is 13.6 Å². The summed E-state index contributed by atoms with van der Waals surface area (Å²) in [6, 6.07) is 8.33. The highest BCUT2D eigenvalue weighted by Gasteiger charge is 2.07. The third kappa shape index (κ3) is 4.41. The lowest BCUT2D eigenvalue weighted by Gasteiger charge is -2.06. The van der Waals surface area contributed by atoms with Gasteiger partial charge in [-0.2, -0.15) is 0 Å². The standard InChI is InChI=1S/C15H11Cl2F2NO/c16-11-4-1-9(7-12(11)17)2-6-15(21)20-10-3-5-13(18)14(19)8-10/h1,3-5,7-8H,2,6H2,(H,20,21). The first-order valence-electron chi connectivity index (χ1n) is 6.14. The summed E-state index contributed by atoms with van der Waals surface area (Å²) in [5.74, 6) is -2.26. The van der Waals surface area contributed by atoms with Crippen LogP contribution in [0.4, 0.5) is 14.5 Å². The van der Waals surface area contributed by atoms with Crippen LogP contribution in [0.5, 0.6) is 0 Å². The molecule has 0 fully saturated rings. The van der Waals surface area contributed by atoms with Crippen molar-refractivity contribution in [2.75, 3.05) is 5.32 Å². The molecule has 0 radical (unpaired) electrons. The number of benzene rings is 2. The molecule has 2 rings (SSSR count). The number of aryl methyl sites for hydroxylation is 1. The minimum Gasteiger partial charge on any atom is -0.326 e. The monoisotopic (exact) mass is 329 g/mol. The molecule has 110 valence electrons. The van der Waals surface area contributed by atoms with Gasteiger partial charge in [-0.3, -0.25) is 4.79 Å². The fourth-order valence-corrected chi connectivity index (χ4v) is 2.07. The summed E-state index contributed by atoms with van der Waals surface area (Å²) in [4.78, 5) is 11.7. The topological polar surface area (TPSA) is 29.1 Å². The van der Waals surface area contributed by atoms with Crippen molar-refractivity contribution in [3.05, 3.63) is 63.6 Å². The summed E-state index contributed by atoms with van der Waals surface area (Å²) >= 11 is 11.7. The predicted molar refractivity (Wildman–Crippen MR) is 79.8 cm³/mol. The second kappa shape index (κ2) is 6.87. The van der Waals surface area contributed by atoms with E-state index in [2.05, 4.69) is 5.32 Å². The zero-order valence-corrected chi connectivity index (χ0v) is 12.3. The number of nitrogens with one attached hydrogen (secondary N) is 1. The van der Waals surface area contributed by atoms with Gasteiger partial charge in [0.2, 0.25) is 5.91 Å². The zero-order valence-electron chi connectivity index (χ0n) is 10.8. The van der Waals surface area contributed by atoms with Crippen LogP contribution in [0.2, 0.25) is 10.0 Å². The first kappa shape index (κ1) is 15.7. The molecular formula is C15H11Cl2F2NO. The number of anilines is 1. The van der Waals surface area contributed by atoms with Gasteiger partial charge in [-0.25, -0.2) is 8.78 Å². The van der Waals surface area contributed by atoms with E-state index in [-0.39, 0.29) is 18.0 Å². The molecule has 0 aliphatic heterocycles. The maximum Gasteiger partial charge on any atom is 0.224 e. The van der Waals surface area contributed by atoms with Gasteiger partial charge in [-0.15, -0.1) is 0 Å². The van der Waals surface area contributed by atoms with Gasteiger partial charge in [0.15, 0.2) is 11.6 Å². The van der Waals surface area contributed by atoms with Crippen molar-refractivity contribution in [1.82, 2.24) is 0 Å². The fourth-order valence-electron chi connectivity index (χ4n) is 1.75. The Labute approximate surface area is 130 Å². The van der Waals surface area contributed by atoms with E-state index in [4.69, 9.17) is 23.2 Å². The van der Waals surface area contributed by atoms with Gasteiger partial charge in [-0.05, 0) is 36.2 Å². The van der Waals surface area contributed by atoms with Crippen LogP contribution in [0.15, 0.2) is 36.4 Å². The number of amides is 1. The van der Waals surface area contributed by atoms with Crippen LogP contribution in [-0.4, -0.2) is 5.91 Å². The summed E-state index contributed by atoms with van der Waals surface area (Å²) < 4.78 is 25.8. The number of carbonyl (C=O) groups excluding carboxylic acids is 1. The minimum absolute atomic E-state index is 0.191. The molecule has 21 heavy (non-hydrogen) atoms. The average molecular weight is 330 g/mol. The van der Waals surface area contributed by atoms with E-state index in [1.54, 1.807) is 18.2 Å². The molecule has 0 spiro atoms. The van der Waals surface area contributed by atoms with E-state index in [1.807, 2.05) is 0 Å². The van der Waals surface area contributed by atoms with Gasteiger partial charge in [-0.1, -0.05) is 29.3 Å². The Morgan fingerprint density at radius 3 is 2.43 bits per heavy atom. The van der Waals surface area contributed by atoms with E-state index >= 15 is 0 Å². The third-order valence-corrected chi connectivity index (χ3v) is 3.57. The van der Waals surface area contributed by atoms with E-state index < -0.39 is 11.6 Å². The molecular weight excluding hydrogens is 319 g/mol. The quantitative estimate of drug-likeness (QED) is 0.854. The van der Waals surface area contributed by atoms with Crippen molar-refractivity contribution < 1.29 is 13.6 Å². The summed E-state index contributed by atoms with van der Waals surface area (Å²) in [5, 5.41) is 3.38. The second-order valence-electron chi connectivity index (χ2n) is 4.43. The summed E-state index contributed by atoms with van der Waals surface area (Å²) in [6.07, 6.45) is 0.656. The second-order valence-corrected chi connectivity index (χ2v) is 5.24. The highest BCUT2D eigenvalue weighted by molar-refractivity contribution is 6.42. The molecule has 2 nitrogen and oxygen atoms in total. The van der Waals surface area contributed by atoms with Crippen LogP contribution in [0.25, 0.3) is 0 Å². The summed E-state index contributed by atoms with van der Waals surface area (Å²) in [7, 11) is 0. The molecule has 2 aromatic rings. The van der Waals surface area contributed by atoms with Gasteiger partial charge in [0.25, 0.3) is 0 Å². The molecule has 0 aliphatic carbocycles. The van der Waals surface area contributed by atoms with Gasteiger partial charge >= 0.3 is 0 Å². The molecule has 0 bridgehead atoms. The van der Waals surface area contributed by atoms with Gasteiger partial charge in [0.1, 0.15) is 0 Å². The number of hydrogen-bond donors (Lipinski definition) is 1. The molecule has 1 N–H and O–H groups in total. The Bertz CT molecular complexity index is 677. The van der Waals surface area contributed by atoms with E-state index in [0.717, 1.165) is 17.7 Å². The van der Waals surface area contributed by atoms with Crippen molar-refractivity contribution >= 4 is 34.8 Å². The molecule has 6 heteroatoms. The molecule has 0 heterocycles. The first-order chi connectivity index (χ1) is 9.95. The Morgan fingerprint density at radius 2 is 1.76 bits per heavy atom. The normalized spacial score (nSPS) is 10.5. The lowest BCUT2D eigenvalue weighted by molar-refractivity contribution is -0.116. The van der Waals surface area contributed by atoms with Crippen molar-refractivity contribution in [3.63, 3.8) is 0 Å². The minimum atomic E-state index is -1.00. The smallest absolute Gasteiger partial charge is 0.224 e. The average Bonchev–Trinajstić information content (AvgIpc) is 2.44. The van der Waals surface area contributed by atoms with E-state index in [1.165, 1.54) is 6.07 Å². The SMILES string of the molecule is O=C(CCc1ccc(Cl)c(Cl)c1)Nc1ccc(F)c(F)c1. The van der Waals surface area contributed by atoms with Crippen LogP contribution in [-0.2, 0) is 11.2 Å². The highest BCUT2D eigenvalue weighted by Crippen LogP contribution is 2.23. The number of hydrogen-bond acceptors (Lipinski definition) is 1. The van der Waals surface area contributed by atoms with Crippen molar-refractivity contribution in [3.8, 4) is 0 Å². The third-order valence-electron chi connectivity index (χ3n) is 2.83. The van der Waals surface area contributed by atoms with Gasteiger partial charge in [0.05, 0.1) is 10.0 Å². The van der Waals surface area contributed by atoms with Crippen molar-refractivity contribution in [1.29, 1.82) is 0 Å². The Balaban J connectivity index is 1.92. The molecule has 0 atom stereocenters. The molecule has 0 saturated carbocycles. The Hall–Kier alpha value is -1.65. The maximum absolute atomic E-state index is 13.0. The molecule has 0 aliphatic rings. The Kier molecular flexibility index (Phi) is 5.15. The highest BCUT2D eigenvalue weighted by atomic mass is 35.5. The van der Waals surface area contributed by atoms with Gasteiger partial charge in [0, 0.05) is 18.2 Å². The number of halogens is 4. The van der Waals surface area contributed by atoms with Crippen LogP contribution in [0, 0.1) is 11.6 Å². The van der Waals surface area contributed by atoms with Gasteiger partial charge < -0.3 is 5.32 Å². The number of carbonyl (C=O) groups is 1.